The van der Waals surface area contributed by atoms with Crippen LogP contribution in [-0.4, -0.2) is 38.5 Å². The van der Waals surface area contributed by atoms with E-state index in [1.807, 2.05) is 0 Å². The lowest BCUT2D eigenvalue weighted by atomic mass is 9.70. The lowest BCUT2D eigenvalue weighted by Crippen LogP contribution is -2.45. The summed E-state index contributed by atoms with van der Waals surface area (Å²) < 4.78 is 11.7. The summed E-state index contributed by atoms with van der Waals surface area (Å²) in [4.78, 5) is 0. The van der Waals surface area contributed by atoms with Crippen LogP contribution in [0.4, 0.5) is 0 Å². The van der Waals surface area contributed by atoms with Crippen LogP contribution in [0.5, 0.6) is 0 Å². The number of hydrogen-bond donors (Lipinski definition) is 1. The van der Waals surface area contributed by atoms with E-state index in [0.29, 0.717) is 17.6 Å². The molecule has 0 aromatic carbocycles. The fraction of sp³-hybridized carbons (Fsp3) is 1.00. The van der Waals surface area contributed by atoms with Crippen molar-refractivity contribution in [1.29, 1.82) is 0 Å². The monoisotopic (exact) mass is 281 g/mol. The molecule has 0 radical (unpaired) electrons. The van der Waals surface area contributed by atoms with E-state index >= 15 is 0 Å². The maximum Gasteiger partial charge on any atom is 0.0672 e. The van der Waals surface area contributed by atoms with Crippen LogP contribution in [0.15, 0.2) is 0 Å². The maximum absolute atomic E-state index is 6.20. The van der Waals surface area contributed by atoms with Crippen LogP contribution in [0.3, 0.4) is 0 Å². The van der Waals surface area contributed by atoms with E-state index in [-0.39, 0.29) is 0 Å². The topological polar surface area (TPSA) is 30.5 Å². The van der Waals surface area contributed by atoms with Crippen molar-refractivity contribution in [2.24, 2.45) is 17.3 Å². The quantitative estimate of drug-likeness (QED) is 0.812. The zero-order valence-electron chi connectivity index (χ0n) is 13.2. The number of hydrogen-bond acceptors (Lipinski definition) is 3. The van der Waals surface area contributed by atoms with Crippen molar-refractivity contribution in [3.05, 3.63) is 0 Å². The molecular formula is C17H31NO2. The van der Waals surface area contributed by atoms with Gasteiger partial charge in [0.25, 0.3) is 0 Å². The van der Waals surface area contributed by atoms with E-state index in [9.17, 15) is 0 Å². The van der Waals surface area contributed by atoms with Crippen LogP contribution in [0.1, 0.15) is 52.4 Å². The van der Waals surface area contributed by atoms with Gasteiger partial charge >= 0.3 is 0 Å². The second-order valence-corrected chi connectivity index (χ2v) is 7.54. The molecule has 1 saturated carbocycles. The molecule has 3 rings (SSSR count). The van der Waals surface area contributed by atoms with Crippen molar-refractivity contribution in [2.75, 3.05) is 26.4 Å². The minimum absolute atomic E-state index is 0.396. The molecule has 1 N–H and O–H groups in total. The Morgan fingerprint density at radius 2 is 1.85 bits per heavy atom. The molecule has 1 aliphatic carbocycles. The Hall–Kier alpha value is -0.120. The molecular weight excluding hydrogens is 250 g/mol. The van der Waals surface area contributed by atoms with E-state index in [1.54, 1.807) is 0 Å². The van der Waals surface area contributed by atoms with E-state index in [4.69, 9.17) is 9.47 Å². The zero-order valence-corrected chi connectivity index (χ0v) is 13.2. The summed E-state index contributed by atoms with van der Waals surface area (Å²) >= 11 is 0. The smallest absolute Gasteiger partial charge is 0.0672 e. The first kappa shape index (κ1) is 14.8. The molecule has 2 aliphatic heterocycles. The normalized spacial score (nSPS) is 35.9. The minimum atomic E-state index is 0.396. The molecule has 20 heavy (non-hydrogen) atoms. The predicted octanol–water partition coefficient (Wildman–Crippen LogP) is 2.99. The SMILES string of the molecule is CC(C)NCC1(CC2CCOCC2)CCOC1C1CC1. The Morgan fingerprint density at radius 3 is 2.50 bits per heavy atom. The summed E-state index contributed by atoms with van der Waals surface area (Å²) in [6.45, 7) is 8.56. The summed E-state index contributed by atoms with van der Waals surface area (Å²) in [7, 11) is 0. The summed E-state index contributed by atoms with van der Waals surface area (Å²) in [5.41, 5.74) is 0.396. The molecule has 0 aromatic heterocycles. The highest BCUT2D eigenvalue weighted by Gasteiger charge is 2.51. The van der Waals surface area contributed by atoms with Crippen LogP contribution < -0.4 is 5.32 Å². The van der Waals surface area contributed by atoms with Crippen LogP contribution in [-0.2, 0) is 9.47 Å². The summed E-state index contributed by atoms with van der Waals surface area (Å²) in [6.07, 6.45) is 8.41. The number of nitrogens with one attached hydrogen (secondary N) is 1. The second-order valence-electron chi connectivity index (χ2n) is 7.54. The predicted molar refractivity (Wildman–Crippen MR) is 80.8 cm³/mol. The second kappa shape index (κ2) is 6.33. The molecule has 3 nitrogen and oxygen atoms in total. The van der Waals surface area contributed by atoms with Gasteiger partial charge in [0.15, 0.2) is 0 Å². The zero-order chi connectivity index (χ0) is 14.0. The third-order valence-electron chi connectivity index (χ3n) is 5.45. The van der Waals surface area contributed by atoms with Gasteiger partial charge < -0.3 is 14.8 Å². The van der Waals surface area contributed by atoms with E-state index in [2.05, 4.69) is 19.2 Å². The fourth-order valence-corrected chi connectivity index (χ4v) is 4.16. The number of rotatable bonds is 6. The maximum atomic E-state index is 6.20. The molecule has 2 saturated heterocycles. The minimum Gasteiger partial charge on any atom is -0.381 e. The van der Waals surface area contributed by atoms with Gasteiger partial charge in [0.05, 0.1) is 6.10 Å². The van der Waals surface area contributed by atoms with Crippen molar-refractivity contribution in [2.45, 2.75) is 64.5 Å². The average molecular weight is 281 g/mol. The van der Waals surface area contributed by atoms with Gasteiger partial charge in [0.2, 0.25) is 0 Å². The van der Waals surface area contributed by atoms with Crippen LogP contribution in [0, 0.1) is 17.3 Å². The highest BCUT2D eigenvalue weighted by molar-refractivity contribution is 5.01. The molecule has 2 unspecified atom stereocenters. The molecule has 116 valence electrons. The van der Waals surface area contributed by atoms with Crippen molar-refractivity contribution in [3.8, 4) is 0 Å². The highest BCUT2D eigenvalue weighted by atomic mass is 16.5. The van der Waals surface area contributed by atoms with Crippen molar-refractivity contribution in [3.63, 3.8) is 0 Å². The summed E-state index contributed by atoms with van der Waals surface area (Å²) in [5, 5.41) is 3.72. The Bertz CT molecular complexity index is 310. The van der Waals surface area contributed by atoms with Crippen LogP contribution in [0.2, 0.25) is 0 Å². The van der Waals surface area contributed by atoms with Gasteiger partial charge in [-0.2, -0.15) is 0 Å². The highest BCUT2D eigenvalue weighted by Crippen LogP contribution is 2.51. The Morgan fingerprint density at radius 1 is 1.10 bits per heavy atom. The van der Waals surface area contributed by atoms with Crippen molar-refractivity contribution in [1.82, 2.24) is 5.32 Å². The van der Waals surface area contributed by atoms with E-state index in [0.717, 1.165) is 38.2 Å². The first-order chi connectivity index (χ1) is 9.70. The van der Waals surface area contributed by atoms with Gasteiger partial charge in [-0.3, -0.25) is 0 Å². The Balaban J connectivity index is 1.68. The van der Waals surface area contributed by atoms with Crippen LogP contribution >= 0.6 is 0 Å². The average Bonchev–Trinajstić information content (AvgIpc) is 3.20. The molecule has 0 bridgehead atoms. The van der Waals surface area contributed by atoms with E-state index in [1.165, 1.54) is 38.5 Å². The standard InChI is InChI=1S/C17H31NO2/c1-13(2)18-12-17(11-14-5-8-19-9-6-14)7-10-20-16(17)15-3-4-15/h13-16,18H,3-12H2,1-2H3. The van der Waals surface area contributed by atoms with Crippen molar-refractivity contribution < 1.29 is 9.47 Å². The lowest BCUT2D eigenvalue weighted by Gasteiger charge is -2.39. The van der Waals surface area contributed by atoms with Gasteiger partial charge in [-0.1, -0.05) is 13.8 Å². The van der Waals surface area contributed by atoms with Gasteiger partial charge in [-0.25, -0.2) is 0 Å². The largest absolute Gasteiger partial charge is 0.381 e. The molecule has 3 fully saturated rings. The van der Waals surface area contributed by atoms with Crippen molar-refractivity contribution >= 4 is 0 Å². The fourth-order valence-electron chi connectivity index (χ4n) is 4.16. The number of ether oxygens (including phenoxy) is 2. The molecule has 3 aliphatic rings. The molecule has 0 amide bonds. The third kappa shape index (κ3) is 3.37. The van der Waals surface area contributed by atoms with Gasteiger partial charge in [-0.15, -0.1) is 0 Å². The third-order valence-corrected chi connectivity index (χ3v) is 5.45. The molecule has 3 heteroatoms. The molecule has 0 spiro atoms. The van der Waals surface area contributed by atoms with Gasteiger partial charge in [-0.05, 0) is 50.4 Å². The van der Waals surface area contributed by atoms with E-state index < -0.39 is 0 Å². The summed E-state index contributed by atoms with van der Waals surface area (Å²) in [5.74, 6) is 1.70. The summed E-state index contributed by atoms with van der Waals surface area (Å²) in [6, 6.07) is 0.571. The first-order valence-corrected chi connectivity index (χ1v) is 8.62. The van der Waals surface area contributed by atoms with Crippen LogP contribution in [0.25, 0.3) is 0 Å². The van der Waals surface area contributed by atoms with Gasteiger partial charge in [0.1, 0.15) is 0 Å². The first-order valence-electron chi connectivity index (χ1n) is 8.62. The Labute approximate surface area is 123 Å². The molecule has 2 heterocycles. The lowest BCUT2D eigenvalue weighted by molar-refractivity contribution is -0.00125. The molecule has 0 aromatic rings. The Kier molecular flexibility index (Phi) is 4.68. The van der Waals surface area contributed by atoms with Gasteiger partial charge in [0, 0.05) is 37.8 Å². The molecule has 2 atom stereocenters.